The Labute approximate surface area is 181 Å². The summed E-state index contributed by atoms with van der Waals surface area (Å²) in [4.78, 5) is 17.7. The lowest BCUT2D eigenvalue weighted by Crippen LogP contribution is -2.47. The van der Waals surface area contributed by atoms with Crippen molar-refractivity contribution < 1.29 is 18.0 Å². The first-order valence-corrected chi connectivity index (χ1v) is 12.0. The van der Waals surface area contributed by atoms with Crippen molar-refractivity contribution in [2.45, 2.75) is 55.6 Å². The largest absolute Gasteiger partial charge is 0.397 e. The van der Waals surface area contributed by atoms with Gasteiger partial charge in [0.25, 0.3) is 0 Å². The van der Waals surface area contributed by atoms with Crippen LogP contribution in [0, 0.1) is 5.92 Å². The molecular weight excluding hydrogens is 411 g/mol. The van der Waals surface area contributed by atoms with Gasteiger partial charge in [-0.2, -0.15) is 13.2 Å². The lowest BCUT2D eigenvalue weighted by molar-refractivity contribution is -0.154. The molecule has 0 unspecified atom stereocenters. The molecule has 1 aromatic rings. The molecule has 1 aliphatic heterocycles. The van der Waals surface area contributed by atoms with E-state index in [2.05, 4.69) is 45.6 Å². The molecule has 0 atom stereocenters. The number of thioether (sulfide) groups is 1. The van der Waals surface area contributed by atoms with Gasteiger partial charge in [0.15, 0.2) is 0 Å². The molecule has 30 heavy (non-hydrogen) atoms. The third-order valence-corrected chi connectivity index (χ3v) is 6.94. The van der Waals surface area contributed by atoms with E-state index >= 15 is 0 Å². The van der Waals surface area contributed by atoms with Crippen molar-refractivity contribution in [1.82, 2.24) is 10.2 Å². The second kappa shape index (κ2) is 10.8. The Balaban J connectivity index is 1.32. The maximum Gasteiger partial charge on any atom is 0.397 e. The quantitative estimate of drug-likeness (QED) is 0.628. The fraction of sp³-hybridized carbons (Fsp3) is 0.682. The van der Waals surface area contributed by atoms with Gasteiger partial charge < -0.3 is 10.2 Å². The van der Waals surface area contributed by atoms with Gasteiger partial charge in [0.2, 0.25) is 5.91 Å². The van der Waals surface area contributed by atoms with Gasteiger partial charge in [-0.3, -0.25) is 9.69 Å². The standard InChI is InChI=1S/C22H32F3N3OS/c1-30-20-4-2-3-19(15-20)28-13-11-27(12-14-28)10-9-17-5-7-18(8-6-17)26-21(29)16-22(23,24)25/h2-4,15,17-18H,5-14,16H2,1H3,(H,26,29). The monoisotopic (exact) mass is 443 g/mol. The van der Waals surface area contributed by atoms with Crippen LogP contribution < -0.4 is 10.2 Å². The first-order chi connectivity index (χ1) is 14.3. The van der Waals surface area contributed by atoms with Crippen LogP contribution in [0.5, 0.6) is 0 Å². The second-order valence-electron chi connectivity index (χ2n) is 8.40. The zero-order valence-electron chi connectivity index (χ0n) is 17.6. The van der Waals surface area contributed by atoms with Crippen molar-refractivity contribution in [2.75, 3.05) is 43.9 Å². The number of anilines is 1. The Morgan fingerprint density at radius 1 is 1.13 bits per heavy atom. The van der Waals surface area contributed by atoms with Crippen molar-refractivity contribution in [1.29, 1.82) is 0 Å². The molecule has 1 saturated carbocycles. The van der Waals surface area contributed by atoms with Gasteiger partial charge in [-0.25, -0.2) is 0 Å². The summed E-state index contributed by atoms with van der Waals surface area (Å²) in [7, 11) is 0. The number of benzene rings is 1. The van der Waals surface area contributed by atoms with Crippen LogP contribution in [0.2, 0.25) is 0 Å². The number of amides is 1. The summed E-state index contributed by atoms with van der Waals surface area (Å²) in [5.74, 6) is -0.288. The number of carbonyl (C=O) groups excluding carboxylic acids is 1. The highest BCUT2D eigenvalue weighted by Gasteiger charge is 2.32. The van der Waals surface area contributed by atoms with Crippen molar-refractivity contribution in [2.24, 2.45) is 5.92 Å². The maximum atomic E-state index is 12.3. The molecule has 168 valence electrons. The smallest absolute Gasteiger partial charge is 0.369 e. The van der Waals surface area contributed by atoms with E-state index in [9.17, 15) is 18.0 Å². The van der Waals surface area contributed by atoms with Gasteiger partial charge in [-0.1, -0.05) is 6.07 Å². The van der Waals surface area contributed by atoms with E-state index in [4.69, 9.17) is 0 Å². The molecule has 0 bridgehead atoms. The fourth-order valence-electron chi connectivity index (χ4n) is 4.46. The van der Waals surface area contributed by atoms with Crippen molar-refractivity contribution in [3.63, 3.8) is 0 Å². The molecule has 1 aliphatic carbocycles. The highest BCUT2D eigenvalue weighted by molar-refractivity contribution is 7.98. The molecular formula is C22H32F3N3OS. The molecule has 3 rings (SSSR count). The molecule has 2 aliphatic rings. The molecule has 0 radical (unpaired) electrons. The Hall–Kier alpha value is -1.41. The predicted molar refractivity (Wildman–Crippen MR) is 116 cm³/mol. The average molecular weight is 444 g/mol. The van der Waals surface area contributed by atoms with E-state index in [1.807, 2.05) is 0 Å². The molecule has 8 heteroatoms. The first kappa shape index (κ1) is 23.3. The average Bonchev–Trinajstić information content (AvgIpc) is 2.72. The van der Waals surface area contributed by atoms with Gasteiger partial charge in [0.05, 0.1) is 0 Å². The van der Waals surface area contributed by atoms with Crippen LogP contribution in [0.3, 0.4) is 0 Å². The maximum absolute atomic E-state index is 12.3. The van der Waals surface area contributed by atoms with Gasteiger partial charge in [0, 0.05) is 42.8 Å². The van der Waals surface area contributed by atoms with E-state index in [1.165, 1.54) is 10.6 Å². The van der Waals surface area contributed by atoms with Crippen LogP contribution in [0.15, 0.2) is 29.2 Å². The number of alkyl halides is 3. The van der Waals surface area contributed by atoms with Gasteiger partial charge >= 0.3 is 6.18 Å². The predicted octanol–water partition coefficient (Wildman–Crippen LogP) is 4.55. The summed E-state index contributed by atoms with van der Waals surface area (Å²) in [6.45, 7) is 5.28. The summed E-state index contributed by atoms with van der Waals surface area (Å²) >= 11 is 1.77. The van der Waals surface area contributed by atoms with E-state index in [-0.39, 0.29) is 6.04 Å². The summed E-state index contributed by atoms with van der Waals surface area (Å²) < 4.78 is 36.9. The summed E-state index contributed by atoms with van der Waals surface area (Å²) in [6, 6.07) is 8.60. The Kier molecular flexibility index (Phi) is 8.34. The van der Waals surface area contributed by atoms with E-state index in [0.29, 0.717) is 5.92 Å². The van der Waals surface area contributed by atoms with Gasteiger partial charge in [-0.05, 0) is 69.0 Å². The molecule has 0 aromatic heterocycles. The summed E-state index contributed by atoms with van der Waals surface area (Å²) in [5.41, 5.74) is 1.30. The van der Waals surface area contributed by atoms with Crippen LogP contribution in [-0.4, -0.2) is 62.0 Å². The zero-order valence-corrected chi connectivity index (χ0v) is 18.4. The molecule has 0 spiro atoms. The minimum Gasteiger partial charge on any atom is -0.369 e. The van der Waals surface area contributed by atoms with Crippen LogP contribution >= 0.6 is 11.8 Å². The lowest BCUT2D eigenvalue weighted by Gasteiger charge is -2.37. The van der Waals surface area contributed by atoms with Gasteiger partial charge in [0.1, 0.15) is 6.42 Å². The number of nitrogens with zero attached hydrogens (tertiary/aromatic N) is 2. The Morgan fingerprint density at radius 2 is 1.83 bits per heavy atom. The number of halogens is 3. The summed E-state index contributed by atoms with van der Waals surface area (Å²) in [6.07, 6.45) is 0.966. The van der Waals surface area contributed by atoms with Crippen LogP contribution in [-0.2, 0) is 4.79 Å². The molecule has 1 heterocycles. The normalized spacial score (nSPS) is 23.4. The summed E-state index contributed by atoms with van der Waals surface area (Å²) in [5, 5.41) is 2.55. The van der Waals surface area contributed by atoms with E-state index in [1.54, 1.807) is 11.8 Å². The Morgan fingerprint density at radius 3 is 2.47 bits per heavy atom. The molecule has 1 saturated heterocycles. The molecule has 1 amide bonds. The Bertz CT molecular complexity index is 684. The highest BCUT2D eigenvalue weighted by Crippen LogP contribution is 2.28. The number of rotatable bonds is 7. The van der Waals surface area contributed by atoms with Crippen LogP contribution in [0.1, 0.15) is 38.5 Å². The fourth-order valence-corrected chi connectivity index (χ4v) is 4.91. The number of nitrogens with one attached hydrogen (secondary N) is 1. The van der Waals surface area contributed by atoms with E-state index in [0.717, 1.165) is 64.8 Å². The SMILES string of the molecule is CSc1cccc(N2CCN(CCC3CCC(NC(=O)CC(F)(F)F)CC3)CC2)c1. The lowest BCUT2D eigenvalue weighted by atomic mass is 9.84. The number of hydrogen-bond donors (Lipinski definition) is 1. The minimum atomic E-state index is -4.43. The van der Waals surface area contributed by atoms with Crippen molar-refractivity contribution >= 4 is 23.4 Å². The van der Waals surface area contributed by atoms with Crippen molar-refractivity contribution in [3.8, 4) is 0 Å². The second-order valence-corrected chi connectivity index (χ2v) is 9.28. The van der Waals surface area contributed by atoms with Crippen LogP contribution in [0.25, 0.3) is 0 Å². The van der Waals surface area contributed by atoms with Crippen molar-refractivity contribution in [3.05, 3.63) is 24.3 Å². The van der Waals surface area contributed by atoms with Gasteiger partial charge in [-0.15, -0.1) is 11.8 Å². The molecule has 1 aromatic carbocycles. The molecule has 4 nitrogen and oxygen atoms in total. The number of hydrogen-bond acceptors (Lipinski definition) is 4. The topological polar surface area (TPSA) is 35.6 Å². The van der Waals surface area contributed by atoms with Crippen LogP contribution in [0.4, 0.5) is 18.9 Å². The number of piperazine rings is 1. The third-order valence-electron chi connectivity index (χ3n) is 6.22. The molecule has 1 N–H and O–H groups in total. The number of carbonyl (C=O) groups is 1. The highest BCUT2D eigenvalue weighted by atomic mass is 32.2. The first-order valence-electron chi connectivity index (χ1n) is 10.8. The van der Waals surface area contributed by atoms with E-state index < -0.39 is 18.5 Å². The third kappa shape index (κ3) is 7.38. The zero-order chi connectivity index (χ0) is 21.6. The minimum absolute atomic E-state index is 0.100. The molecule has 2 fully saturated rings.